The number of benzene rings is 2. The molecule has 23 heavy (non-hydrogen) atoms. The highest BCUT2D eigenvalue weighted by Gasteiger charge is 2.18. The van der Waals surface area contributed by atoms with Crippen molar-refractivity contribution in [1.29, 1.82) is 0 Å². The molecule has 0 radical (unpaired) electrons. The molecule has 0 amide bonds. The number of anilines is 1. The van der Waals surface area contributed by atoms with Gasteiger partial charge in [0, 0.05) is 6.54 Å². The predicted octanol–water partition coefficient (Wildman–Crippen LogP) is 3.87. The second-order valence-electron chi connectivity index (χ2n) is 5.02. The smallest absolute Gasteiger partial charge is 0.231 e. The predicted molar refractivity (Wildman–Crippen MR) is 87.1 cm³/mol. The molecule has 1 aromatic heterocycles. The molecule has 3 aromatic rings. The van der Waals surface area contributed by atoms with Crippen molar-refractivity contribution < 1.29 is 13.9 Å². The highest BCUT2D eigenvalue weighted by Crippen LogP contribution is 2.40. The Morgan fingerprint density at radius 1 is 1.22 bits per heavy atom. The van der Waals surface area contributed by atoms with Gasteiger partial charge in [0.25, 0.3) is 0 Å². The number of nitrogens with one attached hydrogen (secondary N) is 1. The number of ether oxygens (including phenoxy) is 2. The maximum atomic E-state index is 14.1. The molecular formula is C16H11BrFN3O2. The molecule has 0 spiro atoms. The third-order valence-corrected chi connectivity index (χ3v) is 4.15. The summed E-state index contributed by atoms with van der Waals surface area (Å²) in [6, 6.07) is 8.60. The summed E-state index contributed by atoms with van der Waals surface area (Å²) in [4.78, 5) is 8.23. The summed E-state index contributed by atoms with van der Waals surface area (Å²) in [6.45, 7) is 0.683. The minimum atomic E-state index is -0.350. The van der Waals surface area contributed by atoms with E-state index in [0.29, 0.717) is 34.8 Å². The van der Waals surface area contributed by atoms with Crippen LogP contribution in [0.5, 0.6) is 11.5 Å². The van der Waals surface area contributed by atoms with E-state index in [9.17, 15) is 4.39 Å². The van der Waals surface area contributed by atoms with Gasteiger partial charge in [0.1, 0.15) is 18.0 Å². The molecule has 1 aliphatic heterocycles. The lowest BCUT2D eigenvalue weighted by Gasteiger charge is -2.10. The standard InChI is InChI=1S/C16H11BrFN3O2/c17-10-4-9(5-13-15(10)23-8-22-13)6-19-16-14-11(18)2-1-3-12(14)20-7-21-16/h1-5,7H,6,8H2,(H,19,20,21). The molecule has 116 valence electrons. The van der Waals surface area contributed by atoms with E-state index in [1.54, 1.807) is 12.1 Å². The Kier molecular flexibility index (Phi) is 3.49. The van der Waals surface area contributed by atoms with Gasteiger partial charge in [-0.05, 0) is 45.8 Å². The minimum absolute atomic E-state index is 0.215. The Hall–Kier alpha value is -2.41. The summed E-state index contributed by atoms with van der Waals surface area (Å²) < 4.78 is 25.6. The van der Waals surface area contributed by atoms with Crippen molar-refractivity contribution in [2.75, 3.05) is 12.1 Å². The number of nitrogens with zero attached hydrogens (tertiary/aromatic N) is 2. The second kappa shape index (κ2) is 5.66. The van der Waals surface area contributed by atoms with Crippen LogP contribution in [0.3, 0.4) is 0 Å². The number of fused-ring (bicyclic) bond motifs is 2. The first-order valence-corrected chi connectivity index (χ1v) is 7.73. The molecule has 0 fully saturated rings. The number of aromatic nitrogens is 2. The molecule has 2 heterocycles. The van der Waals surface area contributed by atoms with Crippen molar-refractivity contribution in [3.8, 4) is 11.5 Å². The van der Waals surface area contributed by atoms with Crippen LogP contribution in [-0.4, -0.2) is 16.8 Å². The van der Waals surface area contributed by atoms with E-state index < -0.39 is 0 Å². The zero-order valence-electron chi connectivity index (χ0n) is 11.8. The van der Waals surface area contributed by atoms with Crippen LogP contribution in [0.4, 0.5) is 10.2 Å². The van der Waals surface area contributed by atoms with Crippen LogP contribution in [0.1, 0.15) is 5.56 Å². The second-order valence-corrected chi connectivity index (χ2v) is 5.88. The highest BCUT2D eigenvalue weighted by atomic mass is 79.9. The average molecular weight is 376 g/mol. The largest absolute Gasteiger partial charge is 0.454 e. The van der Waals surface area contributed by atoms with Gasteiger partial charge >= 0.3 is 0 Å². The van der Waals surface area contributed by atoms with E-state index in [2.05, 4.69) is 31.2 Å². The number of rotatable bonds is 3. The number of halogens is 2. The van der Waals surface area contributed by atoms with Crippen molar-refractivity contribution in [2.24, 2.45) is 0 Å². The monoisotopic (exact) mass is 375 g/mol. The maximum absolute atomic E-state index is 14.1. The Balaban J connectivity index is 1.64. The summed E-state index contributed by atoms with van der Waals surface area (Å²) in [5.41, 5.74) is 1.53. The zero-order chi connectivity index (χ0) is 15.8. The molecule has 1 N–H and O–H groups in total. The van der Waals surface area contributed by atoms with Crippen molar-refractivity contribution in [3.05, 3.63) is 52.5 Å². The van der Waals surface area contributed by atoms with E-state index in [0.717, 1.165) is 10.0 Å². The third kappa shape index (κ3) is 2.57. The van der Waals surface area contributed by atoms with Gasteiger partial charge in [-0.3, -0.25) is 0 Å². The summed E-state index contributed by atoms with van der Waals surface area (Å²) in [7, 11) is 0. The molecule has 4 rings (SSSR count). The minimum Gasteiger partial charge on any atom is -0.454 e. The van der Waals surface area contributed by atoms with Crippen LogP contribution in [0.2, 0.25) is 0 Å². The number of hydrogen-bond acceptors (Lipinski definition) is 5. The molecule has 0 saturated carbocycles. The molecular weight excluding hydrogens is 365 g/mol. The van der Waals surface area contributed by atoms with Crippen LogP contribution in [0, 0.1) is 5.82 Å². The van der Waals surface area contributed by atoms with Gasteiger partial charge in [-0.2, -0.15) is 0 Å². The van der Waals surface area contributed by atoms with Gasteiger partial charge in [0.05, 0.1) is 15.4 Å². The Morgan fingerprint density at radius 2 is 2.13 bits per heavy atom. The lowest BCUT2D eigenvalue weighted by Crippen LogP contribution is -2.03. The van der Waals surface area contributed by atoms with Gasteiger partial charge in [0.2, 0.25) is 6.79 Å². The van der Waals surface area contributed by atoms with E-state index in [1.165, 1.54) is 12.4 Å². The lowest BCUT2D eigenvalue weighted by molar-refractivity contribution is 0.173. The molecule has 5 nitrogen and oxygen atoms in total. The van der Waals surface area contributed by atoms with Gasteiger partial charge in [-0.25, -0.2) is 14.4 Å². The maximum Gasteiger partial charge on any atom is 0.231 e. The Morgan fingerprint density at radius 3 is 3.04 bits per heavy atom. The van der Waals surface area contributed by atoms with E-state index in [-0.39, 0.29) is 12.6 Å². The summed E-state index contributed by atoms with van der Waals surface area (Å²) >= 11 is 3.46. The van der Waals surface area contributed by atoms with Crippen LogP contribution in [0.15, 0.2) is 41.1 Å². The van der Waals surface area contributed by atoms with Crippen LogP contribution < -0.4 is 14.8 Å². The average Bonchev–Trinajstić information content (AvgIpc) is 3.02. The molecule has 1 aliphatic rings. The van der Waals surface area contributed by atoms with Gasteiger partial charge < -0.3 is 14.8 Å². The molecule has 0 aliphatic carbocycles. The number of hydrogen-bond donors (Lipinski definition) is 1. The van der Waals surface area contributed by atoms with Crippen LogP contribution in [0.25, 0.3) is 10.9 Å². The molecule has 0 saturated heterocycles. The lowest BCUT2D eigenvalue weighted by atomic mass is 10.2. The van der Waals surface area contributed by atoms with E-state index in [1.807, 2.05) is 12.1 Å². The Labute approximate surface area is 139 Å². The van der Waals surface area contributed by atoms with E-state index >= 15 is 0 Å². The zero-order valence-corrected chi connectivity index (χ0v) is 13.4. The molecule has 0 bridgehead atoms. The fourth-order valence-electron chi connectivity index (χ4n) is 2.51. The van der Waals surface area contributed by atoms with Crippen molar-refractivity contribution >= 4 is 32.7 Å². The summed E-state index contributed by atoms with van der Waals surface area (Å²) in [5.74, 6) is 1.50. The fourth-order valence-corrected chi connectivity index (χ4v) is 3.11. The topological polar surface area (TPSA) is 56.3 Å². The van der Waals surface area contributed by atoms with E-state index in [4.69, 9.17) is 9.47 Å². The van der Waals surface area contributed by atoms with Crippen LogP contribution >= 0.6 is 15.9 Å². The quantitative estimate of drug-likeness (QED) is 0.752. The molecule has 0 unspecified atom stereocenters. The fraction of sp³-hybridized carbons (Fsp3) is 0.125. The van der Waals surface area contributed by atoms with Crippen molar-refractivity contribution in [3.63, 3.8) is 0 Å². The summed E-state index contributed by atoms with van der Waals surface area (Å²) in [5, 5.41) is 3.54. The Bertz CT molecular complexity index is 899. The van der Waals surface area contributed by atoms with Gasteiger partial charge in [-0.15, -0.1) is 0 Å². The first-order valence-electron chi connectivity index (χ1n) is 6.93. The molecule has 7 heteroatoms. The third-order valence-electron chi connectivity index (χ3n) is 3.56. The van der Waals surface area contributed by atoms with Gasteiger partial charge in [0.15, 0.2) is 11.5 Å². The molecule has 0 atom stereocenters. The van der Waals surface area contributed by atoms with Gasteiger partial charge in [-0.1, -0.05) is 6.07 Å². The normalized spacial score (nSPS) is 12.6. The molecule has 2 aromatic carbocycles. The highest BCUT2D eigenvalue weighted by molar-refractivity contribution is 9.10. The van der Waals surface area contributed by atoms with Crippen molar-refractivity contribution in [1.82, 2.24) is 9.97 Å². The van der Waals surface area contributed by atoms with Crippen LogP contribution in [-0.2, 0) is 6.54 Å². The first-order chi connectivity index (χ1) is 11.2. The SMILES string of the molecule is Fc1cccc2ncnc(NCc3cc(Br)c4c(c3)OCO4)c12. The van der Waals surface area contributed by atoms with Crippen molar-refractivity contribution in [2.45, 2.75) is 6.54 Å². The summed E-state index contributed by atoms with van der Waals surface area (Å²) in [6.07, 6.45) is 1.42. The first kappa shape index (κ1) is 14.2.